The molecule has 1 heterocycles. The predicted molar refractivity (Wildman–Crippen MR) is 112 cm³/mol. The normalized spacial score (nSPS) is 13.9. The van der Waals surface area contributed by atoms with Crippen LogP contribution in [0.1, 0.15) is 30.0 Å². The van der Waals surface area contributed by atoms with E-state index >= 15 is 0 Å². The number of phenols is 1. The van der Waals surface area contributed by atoms with Crippen molar-refractivity contribution in [1.29, 1.82) is 0 Å². The fourth-order valence-electron chi connectivity index (χ4n) is 3.66. The fraction of sp³-hybridized carbons (Fsp3) is 0.364. The maximum Gasteiger partial charge on any atom is 0.175 e. The van der Waals surface area contributed by atoms with Gasteiger partial charge in [0.1, 0.15) is 11.5 Å². The summed E-state index contributed by atoms with van der Waals surface area (Å²) < 4.78 is 29.4. The second-order valence-corrected chi connectivity index (χ2v) is 9.12. The van der Waals surface area contributed by atoms with Crippen molar-refractivity contribution in [2.24, 2.45) is 0 Å². The Morgan fingerprint density at radius 1 is 1.25 bits per heavy atom. The molecule has 0 amide bonds. The number of nitrogens with zero attached hydrogens (tertiary/aromatic N) is 1. The van der Waals surface area contributed by atoms with Gasteiger partial charge in [-0.25, -0.2) is 8.42 Å². The van der Waals surface area contributed by atoms with Gasteiger partial charge in [0.2, 0.25) is 0 Å². The summed E-state index contributed by atoms with van der Waals surface area (Å²) in [5, 5.41) is 10.7. The van der Waals surface area contributed by atoms with Gasteiger partial charge in [-0.15, -0.1) is 6.58 Å². The minimum Gasteiger partial charge on any atom is -0.507 e. The number of aryl methyl sites for hydroxylation is 1. The van der Waals surface area contributed by atoms with Gasteiger partial charge in [0, 0.05) is 36.2 Å². The molecule has 5 nitrogen and oxygen atoms in total. The lowest BCUT2D eigenvalue weighted by Gasteiger charge is -2.32. The second kappa shape index (κ2) is 8.27. The Morgan fingerprint density at radius 2 is 2.00 bits per heavy atom. The van der Waals surface area contributed by atoms with Crippen LogP contribution in [-0.2, 0) is 29.2 Å². The van der Waals surface area contributed by atoms with Gasteiger partial charge >= 0.3 is 0 Å². The number of ether oxygens (including phenoxy) is 1. The Balaban J connectivity index is 1.96. The number of hydrogen-bond donors (Lipinski definition) is 1. The number of aromatic hydroxyl groups is 1. The highest BCUT2D eigenvalue weighted by molar-refractivity contribution is 7.90. The summed E-state index contributed by atoms with van der Waals surface area (Å²) in [6.45, 7) is 7.63. The number of rotatable bonds is 7. The van der Waals surface area contributed by atoms with Crippen molar-refractivity contribution in [3.05, 3.63) is 59.7 Å². The van der Waals surface area contributed by atoms with E-state index in [1.807, 2.05) is 25.1 Å². The van der Waals surface area contributed by atoms with Gasteiger partial charge in [-0.1, -0.05) is 6.08 Å². The predicted octanol–water partition coefficient (Wildman–Crippen LogP) is 3.88. The lowest BCUT2D eigenvalue weighted by atomic mass is 9.99. The smallest absolute Gasteiger partial charge is 0.175 e. The topological polar surface area (TPSA) is 66.8 Å². The number of benzene rings is 2. The van der Waals surface area contributed by atoms with E-state index in [-0.39, 0.29) is 5.75 Å². The van der Waals surface area contributed by atoms with Crippen LogP contribution in [0.2, 0.25) is 0 Å². The summed E-state index contributed by atoms with van der Waals surface area (Å²) in [7, 11) is -3.23. The summed E-state index contributed by atoms with van der Waals surface area (Å²) in [4.78, 5) is 2.54. The van der Waals surface area contributed by atoms with Crippen molar-refractivity contribution in [3.8, 4) is 11.5 Å². The lowest BCUT2D eigenvalue weighted by molar-refractivity contribution is 0.338. The molecule has 1 N–H and O–H groups in total. The Bertz CT molecular complexity index is 982. The minimum absolute atomic E-state index is 0.267. The van der Waals surface area contributed by atoms with Crippen LogP contribution in [0.5, 0.6) is 11.5 Å². The standard InChI is InChI=1S/C22H27NO4S/c1-4-7-17-12-19(27-5-2)13-18(22(17)24)15-23-11-6-8-16-14-20(28(3,25)26)9-10-21(16)23/h4,9-10,12-14,24H,1,5-8,11,15H2,2-3H3. The molecular formula is C22H27NO4S. The van der Waals surface area contributed by atoms with E-state index in [1.165, 1.54) is 6.26 Å². The first-order valence-electron chi connectivity index (χ1n) is 9.50. The van der Waals surface area contributed by atoms with E-state index in [1.54, 1.807) is 18.2 Å². The molecular weight excluding hydrogens is 374 g/mol. The van der Waals surface area contributed by atoms with Crippen LogP contribution in [0.25, 0.3) is 0 Å². The molecule has 0 atom stereocenters. The highest BCUT2D eigenvalue weighted by atomic mass is 32.2. The van der Waals surface area contributed by atoms with E-state index in [2.05, 4.69) is 11.5 Å². The summed E-state index contributed by atoms with van der Waals surface area (Å²) in [6.07, 6.45) is 5.34. The van der Waals surface area contributed by atoms with E-state index in [0.29, 0.717) is 24.5 Å². The molecule has 0 aromatic heterocycles. The van der Waals surface area contributed by atoms with Crippen LogP contribution in [0.15, 0.2) is 47.9 Å². The molecule has 2 aromatic rings. The maximum atomic E-state index is 11.9. The van der Waals surface area contributed by atoms with Gasteiger partial charge in [-0.2, -0.15) is 0 Å². The molecule has 1 aliphatic heterocycles. The maximum absolute atomic E-state index is 11.9. The third kappa shape index (κ3) is 4.33. The first-order chi connectivity index (χ1) is 13.3. The van der Waals surface area contributed by atoms with Crippen molar-refractivity contribution >= 4 is 15.5 Å². The Morgan fingerprint density at radius 3 is 2.68 bits per heavy atom. The van der Waals surface area contributed by atoms with Gasteiger partial charge in [-0.3, -0.25) is 0 Å². The van der Waals surface area contributed by atoms with Crippen LogP contribution < -0.4 is 9.64 Å². The molecule has 3 rings (SSSR count). The average Bonchev–Trinajstić information content (AvgIpc) is 2.65. The molecule has 0 saturated heterocycles. The third-order valence-electron chi connectivity index (χ3n) is 4.97. The highest BCUT2D eigenvalue weighted by Crippen LogP contribution is 2.35. The molecule has 0 radical (unpaired) electrons. The van der Waals surface area contributed by atoms with E-state index in [9.17, 15) is 13.5 Å². The number of fused-ring (bicyclic) bond motifs is 1. The number of sulfone groups is 1. The Hall–Kier alpha value is -2.47. The van der Waals surface area contributed by atoms with Crippen LogP contribution in [0.3, 0.4) is 0 Å². The number of anilines is 1. The molecule has 0 aliphatic carbocycles. The molecule has 1 aliphatic rings. The van der Waals surface area contributed by atoms with E-state index < -0.39 is 9.84 Å². The monoisotopic (exact) mass is 401 g/mol. The molecule has 0 bridgehead atoms. The van der Waals surface area contributed by atoms with Crippen molar-refractivity contribution < 1.29 is 18.3 Å². The van der Waals surface area contributed by atoms with Gasteiger partial charge in [-0.05, 0) is 62.1 Å². The van der Waals surface area contributed by atoms with Gasteiger partial charge < -0.3 is 14.7 Å². The minimum atomic E-state index is -3.23. The second-order valence-electron chi connectivity index (χ2n) is 7.10. The first-order valence-corrected chi connectivity index (χ1v) is 11.4. The number of allylic oxidation sites excluding steroid dienone is 1. The molecule has 0 unspecified atom stereocenters. The summed E-state index contributed by atoms with van der Waals surface area (Å²) >= 11 is 0. The summed E-state index contributed by atoms with van der Waals surface area (Å²) in [5.74, 6) is 1.00. The summed E-state index contributed by atoms with van der Waals surface area (Å²) in [6, 6.07) is 9.04. The molecule has 2 aromatic carbocycles. The zero-order valence-electron chi connectivity index (χ0n) is 16.4. The Kier molecular flexibility index (Phi) is 5.98. The Labute approximate surface area is 167 Å². The largest absolute Gasteiger partial charge is 0.507 e. The van der Waals surface area contributed by atoms with Crippen LogP contribution in [-0.4, -0.2) is 32.9 Å². The van der Waals surface area contributed by atoms with Crippen LogP contribution >= 0.6 is 0 Å². The number of hydrogen-bond acceptors (Lipinski definition) is 5. The van der Waals surface area contributed by atoms with Crippen LogP contribution in [0, 0.1) is 0 Å². The van der Waals surface area contributed by atoms with Crippen molar-refractivity contribution in [2.45, 2.75) is 37.6 Å². The average molecular weight is 402 g/mol. The van der Waals surface area contributed by atoms with Crippen molar-refractivity contribution in [1.82, 2.24) is 0 Å². The van der Waals surface area contributed by atoms with Gasteiger partial charge in [0.05, 0.1) is 11.5 Å². The van der Waals surface area contributed by atoms with Crippen LogP contribution in [0.4, 0.5) is 5.69 Å². The first kappa shape index (κ1) is 20.3. The zero-order valence-corrected chi connectivity index (χ0v) is 17.3. The van der Waals surface area contributed by atoms with Gasteiger partial charge in [0.25, 0.3) is 0 Å². The van der Waals surface area contributed by atoms with Crippen molar-refractivity contribution in [3.63, 3.8) is 0 Å². The zero-order chi connectivity index (χ0) is 20.3. The van der Waals surface area contributed by atoms with Gasteiger partial charge in [0.15, 0.2) is 9.84 Å². The lowest BCUT2D eigenvalue weighted by Crippen LogP contribution is -2.29. The molecule has 6 heteroatoms. The van der Waals surface area contributed by atoms with E-state index in [0.717, 1.165) is 47.5 Å². The highest BCUT2D eigenvalue weighted by Gasteiger charge is 2.21. The summed E-state index contributed by atoms with van der Waals surface area (Å²) in [5.41, 5.74) is 3.63. The molecule has 0 spiro atoms. The van der Waals surface area contributed by atoms with E-state index in [4.69, 9.17) is 4.74 Å². The molecule has 0 saturated carbocycles. The molecule has 150 valence electrons. The quantitative estimate of drug-likeness (QED) is 0.713. The molecule has 28 heavy (non-hydrogen) atoms. The molecule has 0 fully saturated rings. The number of phenolic OH excluding ortho intramolecular Hbond substituents is 1. The fourth-order valence-corrected chi connectivity index (χ4v) is 4.33. The third-order valence-corrected chi connectivity index (χ3v) is 6.08. The van der Waals surface area contributed by atoms with Crippen molar-refractivity contribution in [2.75, 3.05) is 24.3 Å². The SMILES string of the molecule is C=CCc1cc(OCC)cc(CN2CCCc3cc(S(C)(=O)=O)ccc32)c1O.